The number of benzene rings is 1. The van der Waals surface area contributed by atoms with Gasteiger partial charge >= 0.3 is 6.18 Å². The molecule has 0 aliphatic rings. The van der Waals surface area contributed by atoms with Crippen LogP contribution in [0.25, 0.3) is 0 Å². The predicted molar refractivity (Wildman–Crippen MR) is 55.2 cm³/mol. The van der Waals surface area contributed by atoms with Crippen molar-refractivity contribution < 1.29 is 17.9 Å². The second-order valence-corrected chi connectivity index (χ2v) is 3.55. The molecule has 84 valence electrons. The molecule has 0 atom stereocenters. The highest BCUT2D eigenvalue weighted by Gasteiger charge is 2.26. The molecule has 15 heavy (non-hydrogen) atoms. The standard InChI is InChI=1S/C10H10BrF3O/c11-7-8-1-3-9(4-2-8)15-6-5-10(12,13)14/h1-4H,5-7H2. The Morgan fingerprint density at radius 2 is 1.73 bits per heavy atom. The van der Waals surface area contributed by atoms with Crippen LogP contribution >= 0.6 is 15.9 Å². The van der Waals surface area contributed by atoms with E-state index in [2.05, 4.69) is 15.9 Å². The maximum Gasteiger partial charge on any atom is 0.392 e. The van der Waals surface area contributed by atoms with Gasteiger partial charge < -0.3 is 4.74 Å². The van der Waals surface area contributed by atoms with Crippen molar-refractivity contribution in [2.45, 2.75) is 17.9 Å². The fourth-order valence-corrected chi connectivity index (χ4v) is 1.33. The first kappa shape index (κ1) is 12.4. The quantitative estimate of drug-likeness (QED) is 0.761. The Morgan fingerprint density at radius 1 is 1.13 bits per heavy atom. The van der Waals surface area contributed by atoms with Gasteiger partial charge in [-0.15, -0.1) is 0 Å². The van der Waals surface area contributed by atoms with E-state index in [-0.39, 0.29) is 6.61 Å². The third-order valence-corrected chi connectivity index (χ3v) is 2.38. The minimum absolute atomic E-state index is 0.336. The number of hydrogen-bond acceptors (Lipinski definition) is 1. The summed E-state index contributed by atoms with van der Waals surface area (Å²) in [6, 6.07) is 6.93. The molecule has 0 bridgehead atoms. The van der Waals surface area contributed by atoms with Crippen molar-refractivity contribution in [1.29, 1.82) is 0 Å². The molecule has 0 aliphatic carbocycles. The molecule has 0 spiro atoms. The first-order chi connectivity index (χ1) is 7.01. The molecule has 5 heteroatoms. The Bertz CT molecular complexity index is 295. The lowest BCUT2D eigenvalue weighted by Gasteiger charge is -2.08. The SMILES string of the molecule is FC(F)(F)CCOc1ccc(CBr)cc1. The largest absolute Gasteiger partial charge is 0.493 e. The maximum atomic E-state index is 11.8. The lowest BCUT2D eigenvalue weighted by molar-refractivity contribution is -0.139. The topological polar surface area (TPSA) is 9.23 Å². The van der Waals surface area contributed by atoms with Crippen molar-refractivity contribution in [2.75, 3.05) is 6.61 Å². The molecule has 0 aromatic heterocycles. The summed E-state index contributed by atoms with van der Waals surface area (Å²) >= 11 is 3.27. The third-order valence-electron chi connectivity index (χ3n) is 1.73. The molecule has 1 rings (SSSR count). The number of hydrogen-bond donors (Lipinski definition) is 0. The van der Waals surface area contributed by atoms with E-state index in [9.17, 15) is 13.2 Å². The zero-order chi connectivity index (χ0) is 11.3. The third kappa shape index (κ3) is 5.06. The first-order valence-corrected chi connectivity index (χ1v) is 5.48. The van der Waals surface area contributed by atoms with Gasteiger partial charge in [0, 0.05) is 5.33 Å². The zero-order valence-electron chi connectivity index (χ0n) is 7.85. The second-order valence-electron chi connectivity index (χ2n) is 2.99. The predicted octanol–water partition coefficient (Wildman–Crippen LogP) is 3.91. The molecule has 0 unspecified atom stereocenters. The van der Waals surface area contributed by atoms with Gasteiger partial charge in [0.1, 0.15) is 5.75 Å². The van der Waals surface area contributed by atoms with Crippen LogP contribution in [0.3, 0.4) is 0 Å². The van der Waals surface area contributed by atoms with E-state index in [1.807, 2.05) is 0 Å². The molecule has 0 saturated carbocycles. The van der Waals surface area contributed by atoms with Gasteiger partial charge in [0.05, 0.1) is 13.0 Å². The zero-order valence-corrected chi connectivity index (χ0v) is 9.44. The molecule has 1 nitrogen and oxygen atoms in total. The molecule has 0 fully saturated rings. The van der Waals surface area contributed by atoms with Gasteiger partial charge in [-0.25, -0.2) is 0 Å². The summed E-state index contributed by atoms with van der Waals surface area (Å²) in [6.07, 6.45) is -5.08. The molecule has 1 aromatic rings. The molecule has 0 amide bonds. The molecule has 0 N–H and O–H groups in total. The van der Waals surface area contributed by atoms with E-state index >= 15 is 0 Å². The van der Waals surface area contributed by atoms with E-state index in [4.69, 9.17) is 4.74 Å². The average Bonchev–Trinajstić information content (AvgIpc) is 2.17. The number of alkyl halides is 4. The van der Waals surface area contributed by atoms with Crippen molar-refractivity contribution in [3.63, 3.8) is 0 Å². The van der Waals surface area contributed by atoms with Crippen molar-refractivity contribution in [3.05, 3.63) is 29.8 Å². The van der Waals surface area contributed by atoms with Crippen LogP contribution in [-0.4, -0.2) is 12.8 Å². The normalized spacial score (nSPS) is 11.5. The van der Waals surface area contributed by atoms with Gasteiger partial charge in [-0.1, -0.05) is 28.1 Å². The summed E-state index contributed by atoms with van der Waals surface area (Å²) in [6.45, 7) is -0.336. The molecule has 0 saturated heterocycles. The van der Waals surface area contributed by atoms with E-state index in [0.717, 1.165) is 10.9 Å². The van der Waals surface area contributed by atoms with Gasteiger partial charge in [-0.3, -0.25) is 0 Å². The Hall–Kier alpha value is -0.710. The summed E-state index contributed by atoms with van der Waals surface area (Å²) in [5, 5.41) is 0.718. The summed E-state index contributed by atoms with van der Waals surface area (Å²) in [5.74, 6) is 0.462. The molecular formula is C10H10BrF3O. The van der Waals surface area contributed by atoms with Crippen LogP contribution < -0.4 is 4.74 Å². The maximum absolute atomic E-state index is 11.8. The van der Waals surface area contributed by atoms with Crippen LogP contribution in [0.5, 0.6) is 5.75 Å². The molecule has 0 heterocycles. The molecule has 0 aliphatic heterocycles. The highest BCUT2D eigenvalue weighted by atomic mass is 79.9. The highest BCUT2D eigenvalue weighted by molar-refractivity contribution is 9.08. The average molecular weight is 283 g/mol. The lowest BCUT2D eigenvalue weighted by atomic mass is 10.2. The van der Waals surface area contributed by atoms with E-state index < -0.39 is 12.6 Å². The second kappa shape index (κ2) is 5.39. The van der Waals surface area contributed by atoms with E-state index in [1.165, 1.54) is 0 Å². The monoisotopic (exact) mass is 282 g/mol. The van der Waals surface area contributed by atoms with Crippen LogP contribution in [0.15, 0.2) is 24.3 Å². The Morgan fingerprint density at radius 3 is 2.20 bits per heavy atom. The van der Waals surface area contributed by atoms with Crippen LogP contribution in [0.2, 0.25) is 0 Å². The number of rotatable bonds is 4. The highest BCUT2D eigenvalue weighted by Crippen LogP contribution is 2.20. The van der Waals surface area contributed by atoms with Crippen LogP contribution in [0.4, 0.5) is 13.2 Å². The number of ether oxygens (including phenoxy) is 1. The molecule has 1 aromatic carbocycles. The fourth-order valence-electron chi connectivity index (χ4n) is 0.959. The summed E-state index contributed by atoms with van der Waals surface area (Å²) in [4.78, 5) is 0. The van der Waals surface area contributed by atoms with Crippen molar-refractivity contribution in [2.24, 2.45) is 0 Å². The van der Waals surface area contributed by atoms with Gasteiger partial charge in [0.2, 0.25) is 0 Å². The molecule has 0 radical (unpaired) electrons. The van der Waals surface area contributed by atoms with Crippen LogP contribution in [0, 0.1) is 0 Å². The van der Waals surface area contributed by atoms with Crippen LogP contribution in [-0.2, 0) is 5.33 Å². The summed E-state index contributed by atoms with van der Waals surface area (Å²) in [5.41, 5.74) is 1.05. The van der Waals surface area contributed by atoms with Crippen molar-refractivity contribution in [1.82, 2.24) is 0 Å². The van der Waals surface area contributed by atoms with Crippen molar-refractivity contribution in [3.8, 4) is 5.75 Å². The van der Waals surface area contributed by atoms with Gasteiger partial charge in [0.15, 0.2) is 0 Å². The smallest absolute Gasteiger partial charge is 0.392 e. The number of halogens is 4. The fraction of sp³-hybridized carbons (Fsp3) is 0.400. The summed E-state index contributed by atoms with van der Waals surface area (Å²) in [7, 11) is 0. The first-order valence-electron chi connectivity index (χ1n) is 4.36. The van der Waals surface area contributed by atoms with Crippen molar-refractivity contribution >= 4 is 15.9 Å². The minimum Gasteiger partial charge on any atom is -0.493 e. The van der Waals surface area contributed by atoms with E-state index in [0.29, 0.717) is 5.75 Å². The van der Waals surface area contributed by atoms with E-state index in [1.54, 1.807) is 24.3 Å². The van der Waals surface area contributed by atoms with Gasteiger partial charge in [0.25, 0.3) is 0 Å². The lowest BCUT2D eigenvalue weighted by Crippen LogP contribution is -2.12. The van der Waals surface area contributed by atoms with Gasteiger partial charge in [-0.05, 0) is 17.7 Å². The Labute approximate surface area is 94.4 Å². The Balaban J connectivity index is 2.38. The Kier molecular flexibility index (Phi) is 4.45. The van der Waals surface area contributed by atoms with Crippen LogP contribution in [0.1, 0.15) is 12.0 Å². The summed E-state index contributed by atoms with van der Waals surface area (Å²) < 4.78 is 40.3. The van der Waals surface area contributed by atoms with Gasteiger partial charge in [-0.2, -0.15) is 13.2 Å². The minimum atomic E-state index is -4.16. The molecular weight excluding hydrogens is 273 g/mol.